The molecule has 1 aromatic carbocycles. The highest BCUT2D eigenvalue weighted by Gasteiger charge is 2.51. The van der Waals surface area contributed by atoms with Crippen LogP contribution in [-0.4, -0.2) is 68.4 Å². The Morgan fingerprint density at radius 3 is 2.40 bits per heavy atom. The number of ether oxygens (including phenoxy) is 4. The molecular formula is C23H25N9O8. The molecule has 1 aliphatic heterocycles. The summed E-state index contributed by atoms with van der Waals surface area (Å²) in [4.78, 5) is 59.7. The minimum Gasteiger partial charge on any atom is -0.463 e. The van der Waals surface area contributed by atoms with E-state index in [0.29, 0.717) is 5.69 Å². The third-order valence-electron chi connectivity index (χ3n) is 5.37. The summed E-state index contributed by atoms with van der Waals surface area (Å²) in [5, 5.41) is 9.95. The van der Waals surface area contributed by atoms with Gasteiger partial charge < -0.3 is 30.0 Å². The van der Waals surface area contributed by atoms with Crippen molar-refractivity contribution in [1.82, 2.24) is 24.9 Å². The first kappa shape index (κ1) is 27.8. The first-order valence-electron chi connectivity index (χ1n) is 11.8. The van der Waals surface area contributed by atoms with Gasteiger partial charge in [-0.2, -0.15) is 9.97 Å². The molecule has 0 spiro atoms. The number of aromatic nitrogens is 4. The van der Waals surface area contributed by atoms with Gasteiger partial charge in [0.1, 0.15) is 18.2 Å². The zero-order chi connectivity index (χ0) is 28.8. The summed E-state index contributed by atoms with van der Waals surface area (Å²) in [6.07, 6.45) is -3.13. The Balaban J connectivity index is 1.61. The van der Waals surface area contributed by atoms with E-state index in [1.54, 1.807) is 30.3 Å². The molecule has 17 heteroatoms. The van der Waals surface area contributed by atoms with Crippen molar-refractivity contribution in [3.8, 4) is 0 Å². The monoisotopic (exact) mass is 555 g/mol. The second-order valence-corrected chi connectivity index (χ2v) is 8.38. The van der Waals surface area contributed by atoms with Gasteiger partial charge >= 0.3 is 23.9 Å². The van der Waals surface area contributed by atoms with Gasteiger partial charge in [0.25, 0.3) is 5.95 Å². The third-order valence-corrected chi connectivity index (χ3v) is 5.37. The molecule has 40 heavy (non-hydrogen) atoms. The second-order valence-electron chi connectivity index (χ2n) is 8.38. The molecule has 2 amide bonds. The zero-order valence-electron chi connectivity index (χ0n) is 21.5. The first-order valence-corrected chi connectivity index (χ1v) is 11.8. The van der Waals surface area contributed by atoms with Crippen LogP contribution >= 0.6 is 0 Å². The highest BCUT2D eigenvalue weighted by atomic mass is 16.7. The number of nitrogens with zero attached hydrogens (tertiary/aromatic N) is 6. The molecule has 2 aromatic heterocycles. The molecule has 4 rings (SSSR count). The number of carbonyl (C=O) groups excluding carboxylic acids is 4. The molecule has 3 heterocycles. The van der Waals surface area contributed by atoms with Crippen LogP contribution in [0.15, 0.2) is 47.0 Å². The lowest BCUT2D eigenvalue weighted by Crippen LogP contribution is -2.40. The van der Waals surface area contributed by atoms with Gasteiger partial charge in [0.2, 0.25) is 0 Å². The van der Waals surface area contributed by atoms with Gasteiger partial charge in [-0.1, -0.05) is 28.5 Å². The Kier molecular flexibility index (Phi) is 8.43. The second kappa shape index (κ2) is 12.1. The molecule has 210 valence electrons. The van der Waals surface area contributed by atoms with E-state index in [2.05, 4.69) is 36.0 Å². The van der Waals surface area contributed by atoms with Crippen molar-refractivity contribution in [3.05, 3.63) is 36.7 Å². The predicted octanol–water partition coefficient (Wildman–Crippen LogP) is 1.55. The largest absolute Gasteiger partial charge is 0.463 e. The van der Waals surface area contributed by atoms with E-state index in [0.717, 1.165) is 0 Å². The van der Waals surface area contributed by atoms with Gasteiger partial charge in [0.05, 0.1) is 6.33 Å². The van der Waals surface area contributed by atoms with Crippen LogP contribution in [0.4, 0.5) is 22.2 Å². The van der Waals surface area contributed by atoms with Crippen LogP contribution in [-0.2, 0) is 33.3 Å². The summed E-state index contributed by atoms with van der Waals surface area (Å²) >= 11 is 0. The molecular weight excluding hydrogens is 530 g/mol. The number of urea groups is 1. The topological polar surface area (TPSA) is 224 Å². The number of fused-ring (bicyclic) bond motifs is 1. The van der Waals surface area contributed by atoms with Crippen LogP contribution in [0, 0.1) is 0 Å². The third kappa shape index (κ3) is 6.62. The van der Waals surface area contributed by atoms with Gasteiger partial charge in [-0.05, 0) is 12.1 Å². The van der Waals surface area contributed by atoms with E-state index in [-0.39, 0.29) is 29.5 Å². The minimum atomic E-state index is -1.18. The summed E-state index contributed by atoms with van der Waals surface area (Å²) < 4.78 is 23.3. The maximum absolute atomic E-state index is 12.0. The molecule has 0 radical (unpaired) electrons. The molecule has 4 N–H and O–H groups in total. The van der Waals surface area contributed by atoms with Crippen LogP contribution in [0.2, 0.25) is 0 Å². The molecule has 17 nitrogen and oxygen atoms in total. The fourth-order valence-corrected chi connectivity index (χ4v) is 3.87. The Bertz CT molecular complexity index is 1440. The summed E-state index contributed by atoms with van der Waals surface area (Å²) in [6.45, 7) is 3.26. The lowest BCUT2D eigenvalue weighted by Gasteiger charge is -2.23. The van der Waals surface area contributed by atoms with Crippen LogP contribution in [0.5, 0.6) is 0 Å². The smallest absolute Gasteiger partial charge is 0.341 e. The Labute approximate surface area is 226 Å². The summed E-state index contributed by atoms with van der Waals surface area (Å²) in [5.41, 5.74) is 9.03. The molecule has 3 aromatic rings. The lowest BCUT2D eigenvalue weighted by molar-refractivity contribution is -0.166. The number of nitrogens with two attached hydrogens (primary N) is 1. The highest BCUT2D eigenvalue weighted by Crippen LogP contribution is 2.36. The maximum atomic E-state index is 12.0. The fraction of sp³-hybridized carbons (Fsp3) is 0.348. The van der Waals surface area contributed by atoms with Gasteiger partial charge in [-0.25, -0.2) is 15.2 Å². The van der Waals surface area contributed by atoms with Gasteiger partial charge in [-0.3, -0.25) is 19.0 Å². The van der Waals surface area contributed by atoms with E-state index in [4.69, 9.17) is 24.7 Å². The zero-order valence-corrected chi connectivity index (χ0v) is 21.5. The number of hydrogen-bond donors (Lipinski definition) is 3. The minimum absolute atomic E-state index is 0.0681. The number of amides is 2. The number of rotatable bonds is 8. The van der Waals surface area contributed by atoms with Gasteiger partial charge in [0.15, 0.2) is 29.9 Å². The van der Waals surface area contributed by atoms with E-state index in [1.807, 2.05) is 0 Å². The number of carbonyl (C=O) groups is 4. The molecule has 0 saturated carbocycles. The van der Waals surface area contributed by atoms with Crippen LogP contribution in [0.25, 0.3) is 11.2 Å². The van der Waals surface area contributed by atoms with E-state index >= 15 is 0 Å². The van der Waals surface area contributed by atoms with Crippen molar-refractivity contribution in [2.75, 3.05) is 17.7 Å². The maximum Gasteiger partial charge on any atom is 0.341 e. The number of imidazole rings is 1. The van der Waals surface area contributed by atoms with Crippen LogP contribution < -0.4 is 16.5 Å². The van der Waals surface area contributed by atoms with E-state index in [1.165, 1.54) is 31.7 Å². The molecule has 1 saturated heterocycles. The number of benzene rings is 1. The number of para-hydroxylation sites is 1. The van der Waals surface area contributed by atoms with Crippen molar-refractivity contribution in [2.45, 2.75) is 45.3 Å². The van der Waals surface area contributed by atoms with Gasteiger partial charge in [-0.15, -0.1) is 0 Å². The Hall–Kier alpha value is -5.19. The number of anilines is 2. The van der Waals surface area contributed by atoms with E-state index in [9.17, 15) is 19.2 Å². The normalized spacial score (nSPS) is 20.3. The number of nitrogen functional groups attached to an aromatic ring is 1. The number of hydrogen-bond acceptors (Lipinski definition) is 14. The molecule has 0 unspecified atom stereocenters. The van der Waals surface area contributed by atoms with Crippen molar-refractivity contribution in [1.29, 1.82) is 0 Å². The summed E-state index contributed by atoms with van der Waals surface area (Å²) in [5.74, 6) is -2.25. The average Bonchev–Trinajstić information content (AvgIpc) is 3.44. The number of esters is 3. The molecule has 1 fully saturated rings. The van der Waals surface area contributed by atoms with Crippen molar-refractivity contribution < 1.29 is 38.1 Å². The van der Waals surface area contributed by atoms with Crippen LogP contribution in [0.3, 0.4) is 0 Å². The Morgan fingerprint density at radius 2 is 1.73 bits per heavy atom. The fourth-order valence-electron chi connectivity index (χ4n) is 3.87. The van der Waals surface area contributed by atoms with Crippen molar-refractivity contribution in [3.63, 3.8) is 0 Å². The van der Waals surface area contributed by atoms with Gasteiger partial charge in [0, 0.05) is 26.5 Å². The quantitative estimate of drug-likeness (QED) is 0.156. The highest BCUT2D eigenvalue weighted by molar-refractivity contribution is 5.88. The molecule has 0 bridgehead atoms. The molecule has 4 atom stereocenters. The van der Waals surface area contributed by atoms with Crippen molar-refractivity contribution in [2.24, 2.45) is 10.3 Å². The first-order chi connectivity index (χ1) is 19.1. The standard InChI is InChI=1S/C23H25N9O8/c1-11(33)37-9-15-17(38-12(2)34)18(39-13(3)35)21(40-15)32-10-25-16-19(24)27-22(28-20(16)32)29-31-30-23(36)26-14-7-5-4-6-8-14/h4-8,10,15,17-18,21H,9H2,1-3H3,(H4,24,26,27,28,29,30,36)/t15-,17-,18-,21-/m1/s1. The molecule has 1 aliphatic rings. The summed E-state index contributed by atoms with van der Waals surface area (Å²) in [7, 11) is 0. The van der Waals surface area contributed by atoms with Crippen LogP contribution in [0.1, 0.15) is 27.0 Å². The lowest BCUT2D eigenvalue weighted by atomic mass is 10.1. The Morgan fingerprint density at radius 1 is 1.02 bits per heavy atom. The number of nitrogens with one attached hydrogen (secondary N) is 2. The van der Waals surface area contributed by atoms with E-state index < -0.39 is 48.5 Å². The average molecular weight is 556 g/mol. The summed E-state index contributed by atoms with van der Waals surface area (Å²) in [6, 6.07) is 8.01. The van der Waals surface area contributed by atoms with Crippen molar-refractivity contribution >= 4 is 52.6 Å². The predicted molar refractivity (Wildman–Crippen MR) is 134 cm³/mol. The molecule has 0 aliphatic carbocycles. The SMILES string of the molecule is CC(=O)OC[C@H]1O[C@@H](n2cnc3c(N)nc(/N=N/NC(=O)Nc4ccccc4)nc32)[C@H](OC(C)=O)[C@@H]1OC(C)=O.